The number of aromatic carboxylic acids is 1. The molecule has 1 heterocycles. The molecule has 2 rings (SSSR count). The third-order valence-electron chi connectivity index (χ3n) is 2.94. The fourth-order valence-electron chi connectivity index (χ4n) is 1.86. The fraction of sp³-hybridized carbons (Fsp3) is 0.231. The van der Waals surface area contributed by atoms with Crippen molar-refractivity contribution in [3.63, 3.8) is 0 Å². The molecule has 0 atom stereocenters. The van der Waals surface area contributed by atoms with Crippen LogP contribution in [0.1, 0.15) is 32.9 Å². The summed E-state index contributed by atoms with van der Waals surface area (Å²) in [4.78, 5) is 11.0. The molecule has 1 aromatic carbocycles. The topological polar surface area (TPSA) is 66.0 Å². The Morgan fingerprint density at radius 3 is 2.40 bits per heavy atom. The fourth-order valence-corrected chi connectivity index (χ4v) is 1.86. The molecule has 0 aliphatic carbocycles. The third kappa shape index (κ3) is 2.81. The Labute approximate surface area is 112 Å². The molecule has 0 saturated carbocycles. The second kappa shape index (κ2) is 4.99. The SMILES string of the molecule is Cc1[nH]nc(C(=O)O)c1Cc1ccc(C(F)(F)F)cc1. The van der Waals surface area contributed by atoms with E-state index in [-0.39, 0.29) is 12.1 Å². The van der Waals surface area contributed by atoms with Crippen LogP contribution in [0.5, 0.6) is 0 Å². The number of aryl methyl sites for hydroxylation is 1. The predicted octanol–water partition coefficient (Wildman–Crippen LogP) is 3.03. The number of rotatable bonds is 3. The van der Waals surface area contributed by atoms with E-state index < -0.39 is 17.7 Å². The second-order valence-corrected chi connectivity index (χ2v) is 4.35. The number of hydrogen-bond acceptors (Lipinski definition) is 2. The summed E-state index contributed by atoms with van der Waals surface area (Å²) in [7, 11) is 0. The Morgan fingerprint density at radius 2 is 1.90 bits per heavy atom. The van der Waals surface area contributed by atoms with Gasteiger partial charge in [0.15, 0.2) is 5.69 Å². The van der Waals surface area contributed by atoms with Gasteiger partial charge >= 0.3 is 12.1 Å². The minimum absolute atomic E-state index is 0.109. The third-order valence-corrected chi connectivity index (χ3v) is 2.94. The molecule has 0 aliphatic heterocycles. The lowest BCUT2D eigenvalue weighted by atomic mass is 10.0. The molecule has 4 nitrogen and oxygen atoms in total. The van der Waals surface area contributed by atoms with Crippen molar-refractivity contribution in [2.75, 3.05) is 0 Å². The molecule has 0 radical (unpaired) electrons. The largest absolute Gasteiger partial charge is 0.476 e. The van der Waals surface area contributed by atoms with E-state index in [1.165, 1.54) is 12.1 Å². The molecule has 0 amide bonds. The van der Waals surface area contributed by atoms with Gasteiger partial charge in [0.25, 0.3) is 0 Å². The molecule has 0 spiro atoms. The zero-order valence-corrected chi connectivity index (χ0v) is 10.5. The van der Waals surface area contributed by atoms with Gasteiger partial charge in [0.1, 0.15) is 0 Å². The molecule has 106 valence electrons. The summed E-state index contributed by atoms with van der Waals surface area (Å²) < 4.78 is 37.3. The number of halogens is 3. The first-order valence-electron chi connectivity index (χ1n) is 5.72. The van der Waals surface area contributed by atoms with Gasteiger partial charge in [-0.3, -0.25) is 5.10 Å². The first kappa shape index (κ1) is 14.1. The van der Waals surface area contributed by atoms with E-state index in [1.54, 1.807) is 6.92 Å². The number of benzene rings is 1. The van der Waals surface area contributed by atoms with Gasteiger partial charge in [0.2, 0.25) is 0 Å². The lowest BCUT2D eigenvalue weighted by Crippen LogP contribution is -2.05. The van der Waals surface area contributed by atoms with Crippen LogP contribution in [0.25, 0.3) is 0 Å². The number of alkyl halides is 3. The highest BCUT2D eigenvalue weighted by molar-refractivity contribution is 5.87. The highest BCUT2D eigenvalue weighted by Crippen LogP contribution is 2.29. The van der Waals surface area contributed by atoms with E-state index in [9.17, 15) is 18.0 Å². The van der Waals surface area contributed by atoms with Crippen LogP contribution < -0.4 is 0 Å². The summed E-state index contributed by atoms with van der Waals surface area (Å²) >= 11 is 0. The van der Waals surface area contributed by atoms with Crippen molar-refractivity contribution in [2.24, 2.45) is 0 Å². The van der Waals surface area contributed by atoms with Crippen molar-refractivity contribution in [3.8, 4) is 0 Å². The van der Waals surface area contributed by atoms with Crippen LogP contribution in [0.4, 0.5) is 13.2 Å². The molecule has 20 heavy (non-hydrogen) atoms. The van der Waals surface area contributed by atoms with Crippen molar-refractivity contribution in [3.05, 3.63) is 52.3 Å². The number of carboxylic acids is 1. The highest BCUT2D eigenvalue weighted by Gasteiger charge is 2.30. The van der Waals surface area contributed by atoms with Crippen LogP contribution in [0.3, 0.4) is 0 Å². The van der Waals surface area contributed by atoms with Gasteiger partial charge in [-0.25, -0.2) is 4.79 Å². The van der Waals surface area contributed by atoms with Crippen LogP contribution in [0.2, 0.25) is 0 Å². The van der Waals surface area contributed by atoms with E-state index >= 15 is 0 Å². The maximum absolute atomic E-state index is 12.4. The van der Waals surface area contributed by atoms with Crippen LogP contribution in [-0.4, -0.2) is 21.3 Å². The van der Waals surface area contributed by atoms with Crippen LogP contribution in [0, 0.1) is 6.92 Å². The Balaban J connectivity index is 2.27. The smallest absolute Gasteiger partial charge is 0.416 e. The Bertz CT molecular complexity index is 630. The molecule has 2 N–H and O–H groups in total. The highest BCUT2D eigenvalue weighted by atomic mass is 19.4. The number of nitrogens with zero attached hydrogens (tertiary/aromatic N) is 1. The van der Waals surface area contributed by atoms with Gasteiger partial charge in [-0.05, 0) is 24.6 Å². The van der Waals surface area contributed by atoms with Gasteiger partial charge in [-0.15, -0.1) is 0 Å². The average molecular weight is 284 g/mol. The number of aromatic nitrogens is 2. The molecule has 0 saturated heterocycles. The molecule has 0 aliphatic rings. The van der Waals surface area contributed by atoms with E-state index in [4.69, 9.17) is 5.11 Å². The molecule has 7 heteroatoms. The number of carboxylic acid groups (broad SMARTS) is 1. The second-order valence-electron chi connectivity index (χ2n) is 4.35. The number of aromatic amines is 1. The molecule has 0 unspecified atom stereocenters. The van der Waals surface area contributed by atoms with Gasteiger partial charge in [0.05, 0.1) is 5.56 Å². The number of nitrogens with one attached hydrogen (secondary N) is 1. The van der Waals surface area contributed by atoms with Crippen molar-refractivity contribution >= 4 is 5.97 Å². The quantitative estimate of drug-likeness (QED) is 0.910. The summed E-state index contributed by atoms with van der Waals surface area (Å²) in [6.07, 6.45) is -4.17. The minimum Gasteiger partial charge on any atom is -0.476 e. The molecular weight excluding hydrogens is 273 g/mol. The lowest BCUT2D eigenvalue weighted by Gasteiger charge is -2.07. The Kier molecular flexibility index (Phi) is 3.52. The minimum atomic E-state index is -4.38. The van der Waals surface area contributed by atoms with Crippen LogP contribution in [0.15, 0.2) is 24.3 Å². The van der Waals surface area contributed by atoms with Crippen molar-refractivity contribution in [2.45, 2.75) is 19.5 Å². The summed E-state index contributed by atoms with van der Waals surface area (Å²) in [5.74, 6) is -1.17. The first-order chi connectivity index (χ1) is 9.29. The monoisotopic (exact) mass is 284 g/mol. The number of H-pyrrole nitrogens is 1. The van der Waals surface area contributed by atoms with Gasteiger partial charge in [0, 0.05) is 17.7 Å². The van der Waals surface area contributed by atoms with E-state index in [0.29, 0.717) is 16.8 Å². The molecular formula is C13H11F3N2O2. The van der Waals surface area contributed by atoms with Crippen LogP contribution in [-0.2, 0) is 12.6 Å². The van der Waals surface area contributed by atoms with E-state index in [1.807, 2.05) is 0 Å². The Hall–Kier alpha value is -2.31. The standard InChI is InChI=1S/C13H11F3N2O2/c1-7-10(11(12(19)20)18-17-7)6-8-2-4-9(5-3-8)13(14,15)16/h2-5H,6H2,1H3,(H,17,18)(H,19,20). The Morgan fingerprint density at radius 1 is 1.30 bits per heavy atom. The predicted molar refractivity (Wildman–Crippen MR) is 64.5 cm³/mol. The molecule has 2 aromatic rings. The zero-order chi connectivity index (χ0) is 14.9. The summed E-state index contributed by atoms with van der Waals surface area (Å²) in [6.45, 7) is 1.67. The molecule has 0 fully saturated rings. The van der Waals surface area contributed by atoms with E-state index in [0.717, 1.165) is 12.1 Å². The molecule has 0 bridgehead atoms. The van der Waals surface area contributed by atoms with E-state index in [2.05, 4.69) is 10.2 Å². The van der Waals surface area contributed by atoms with Gasteiger partial charge in [-0.2, -0.15) is 18.3 Å². The summed E-state index contributed by atoms with van der Waals surface area (Å²) in [5, 5.41) is 15.2. The normalized spacial score (nSPS) is 11.6. The molecule has 1 aromatic heterocycles. The van der Waals surface area contributed by atoms with Crippen molar-refractivity contribution in [1.82, 2.24) is 10.2 Å². The zero-order valence-electron chi connectivity index (χ0n) is 10.5. The van der Waals surface area contributed by atoms with Crippen LogP contribution >= 0.6 is 0 Å². The lowest BCUT2D eigenvalue weighted by molar-refractivity contribution is -0.137. The van der Waals surface area contributed by atoms with Gasteiger partial charge in [-0.1, -0.05) is 12.1 Å². The number of hydrogen-bond donors (Lipinski definition) is 2. The van der Waals surface area contributed by atoms with Crippen molar-refractivity contribution < 1.29 is 23.1 Å². The maximum atomic E-state index is 12.4. The summed E-state index contributed by atoms with van der Waals surface area (Å²) in [5.41, 5.74) is 0.801. The van der Waals surface area contributed by atoms with Crippen molar-refractivity contribution in [1.29, 1.82) is 0 Å². The number of carbonyl (C=O) groups is 1. The first-order valence-corrected chi connectivity index (χ1v) is 5.72. The average Bonchev–Trinajstić information content (AvgIpc) is 2.71. The van der Waals surface area contributed by atoms with Gasteiger partial charge < -0.3 is 5.11 Å². The maximum Gasteiger partial charge on any atom is 0.416 e. The summed E-state index contributed by atoms with van der Waals surface area (Å²) in [6, 6.07) is 4.62.